The Kier molecular flexibility index (Phi) is 4.30. The molecule has 0 bridgehead atoms. The smallest absolute Gasteiger partial charge is 0.429 e. The van der Waals surface area contributed by atoms with Gasteiger partial charge in [-0.15, -0.1) is 0 Å². The highest BCUT2D eigenvalue weighted by molar-refractivity contribution is 5.64. The van der Waals surface area contributed by atoms with Crippen LogP contribution in [0.1, 0.15) is 12.8 Å². The molecule has 1 aliphatic heterocycles. The average Bonchev–Trinajstić information content (AvgIpc) is 2.40. The number of benzene rings is 1. The summed E-state index contributed by atoms with van der Waals surface area (Å²) in [6.45, 7) is 1.55. The van der Waals surface area contributed by atoms with Crippen LogP contribution in [0.5, 0.6) is 5.75 Å². The molecule has 1 aromatic carbocycles. The fourth-order valence-corrected chi connectivity index (χ4v) is 1.81. The van der Waals surface area contributed by atoms with Crippen molar-refractivity contribution in [2.45, 2.75) is 18.9 Å². The molecule has 7 nitrogen and oxygen atoms in total. The first kappa shape index (κ1) is 13.3. The molecule has 1 aliphatic rings. The van der Waals surface area contributed by atoms with Crippen LogP contribution in [0, 0.1) is 10.1 Å². The molecular formula is C12H14N2O5. The van der Waals surface area contributed by atoms with Crippen LogP contribution in [-0.4, -0.2) is 30.3 Å². The Labute approximate surface area is 109 Å². The number of hydrogen-bond donors (Lipinski definition) is 1. The molecule has 2 rings (SSSR count). The van der Waals surface area contributed by atoms with Crippen LogP contribution in [0.4, 0.5) is 10.5 Å². The maximum absolute atomic E-state index is 11.5. The number of nitrogens with one attached hydrogen (secondary N) is 1. The van der Waals surface area contributed by atoms with E-state index in [0.29, 0.717) is 6.54 Å². The SMILES string of the molecule is O=C(Oc1ccc([N+](=O)[O-])cc1)OC1CCCNC1. The highest BCUT2D eigenvalue weighted by atomic mass is 16.7. The number of piperidine rings is 1. The number of nitro groups is 1. The third kappa shape index (κ3) is 3.92. The maximum Gasteiger partial charge on any atom is 0.514 e. The van der Waals surface area contributed by atoms with E-state index in [1.54, 1.807) is 0 Å². The molecule has 1 N–H and O–H groups in total. The Morgan fingerprint density at radius 1 is 1.37 bits per heavy atom. The molecule has 1 fully saturated rings. The zero-order chi connectivity index (χ0) is 13.7. The van der Waals surface area contributed by atoms with Gasteiger partial charge < -0.3 is 14.8 Å². The van der Waals surface area contributed by atoms with Crippen LogP contribution >= 0.6 is 0 Å². The number of nitrogens with zero attached hydrogens (tertiary/aromatic N) is 1. The van der Waals surface area contributed by atoms with Crippen molar-refractivity contribution in [2.24, 2.45) is 0 Å². The van der Waals surface area contributed by atoms with Crippen LogP contribution in [0.3, 0.4) is 0 Å². The predicted octanol–water partition coefficient (Wildman–Crippen LogP) is 1.86. The monoisotopic (exact) mass is 266 g/mol. The lowest BCUT2D eigenvalue weighted by atomic mass is 10.1. The van der Waals surface area contributed by atoms with Crippen molar-refractivity contribution in [1.29, 1.82) is 0 Å². The van der Waals surface area contributed by atoms with E-state index < -0.39 is 11.1 Å². The van der Waals surface area contributed by atoms with Crippen LogP contribution < -0.4 is 10.1 Å². The van der Waals surface area contributed by atoms with Gasteiger partial charge in [0.1, 0.15) is 11.9 Å². The first-order valence-electron chi connectivity index (χ1n) is 5.99. The zero-order valence-corrected chi connectivity index (χ0v) is 10.2. The zero-order valence-electron chi connectivity index (χ0n) is 10.2. The third-order valence-corrected chi connectivity index (χ3v) is 2.76. The standard InChI is InChI=1S/C12H14N2O5/c15-12(19-11-2-1-7-13-8-11)18-10-5-3-9(4-6-10)14(16)17/h3-6,11,13H,1-2,7-8H2. The van der Waals surface area contributed by atoms with Gasteiger partial charge in [-0.3, -0.25) is 10.1 Å². The van der Waals surface area contributed by atoms with E-state index in [2.05, 4.69) is 5.32 Å². The Balaban J connectivity index is 1.85. The predicted molar refractivity (Wildman–Crippen MR) is 66.1 cm³/mol. The molecule has 1 aromatic rings. The summed E-state index contributed by atoms with van der Waals surface area (Å²) in [5.41, 5.74) is -0.0582. The van der Waals surface area contributed by atoms with Crippen LogP contribution in [-0.2, 0) is 4.74 Å². The minimum atomic E-state index is -0.789. The van der Waals surface area contributed by atoms with E-state index in [0.717, 1.165) is 19.4 Å². The molecule has 0 spiro atoms. The maximum atomic E-state index is 11.5. The van der Waals surface area contributed by atoms with Crippen molar-refractivity contribution in [1.82, 2.24) is 5.32 Å². The third-order valence-electron chi connectivity index (χ3n) is 2.76. The number of carbonyl (C=O) groups excluding carboxylic acids is 1. The molecule has 19 heavy (non-hydrogen) atoms. The molecule has 0 amide bonds. The molecule has 1 unspecified atom stereocenters. The van der Waals surface area contributed by atoms with Crippen LogP contribution in [0.15, 0.2) is 24.3 Å². The van der Waals surface area contributed by atoms with Gasteiger partial charge in [0.25, 0.3) is 5.69 Å². The van der Waals surface area contributed by atoms with E-state index in [-0.39, 0.29) is 17.5 Å². The molecule has 0 aliphatic carbocycles. The van der Waals surface area contributed by atoms with Crippen molar-refractivity contribution in [3.8, 4) is 5.75 Å². The summed E-state index contributed by atoms with van der Waals surface area (Å²) in [6, 6.07) is 5.26. The number of carbonyl (C=O) groups is 1. The van der Waals surface area contributed by atoms with Gasteiger partial charge >= 0.3 is 6.16 Å². The van der Waals surface area contributed by atoms with Gasteiger partial charge in [-0.1, -0.05) is 0 Å². The Bertz CT molecular complexity index is 454. The fraction of sp³-hybridized carbons (Fsp3) is 0.417. The molecule has 102 valence electrons. The second kappa shape index (κ2) is 6.14. The van der Waals surface area contributed by atoms with Crippen molar-refractivity contribution in [3.63, 3.8) is 0 Å². The quantitative estimate of drug-likeness (QED) is 0.388. The van der Waals surface area contributed by atoms with Gasteiger partial charge in [-0.05, 0) is 31.5 Å². The van der Waals surface area contributed by atoms with Crippen molar-refractivity contribution < 1.29 is 19.2 Å². The second-order valence-electron chi connectivity index (χ2n) is 4.19. The molecule has 0 aromatic heterocycles. The molecule has 7 heteroatoms. The average molecular weight is 266 g/mol. The summed E-state index contributed by atoms with van der Waals surface area (Å²) in [5.74, 6) is 0.222. The summed E-state index contributed by atoms with van der Waals surface area (Å²) in [5, 5.41) is 13.6. The largest absolute Gasteiger partial charge is 0.514 e. The van der Waals surface area contributed by atoms with Crippen LogP contribution in [0.25, 0.3) is 0 Å². The Morgan fingerprint density at radius 2 is 2.11 bits per heavy atom. The molecule has 1 saturated heterocycles. The molecule has 0 radical (unpaired) electrons. The summed E-state index contributed by atoms with van der Waals surface area (Å²) in [4.78, 5) is 21.4. The molecule has 1 heterocycles. The lowest BCUT2D eigenvalue weighted by Gasteiger charge is -2.22. The van der Waals surface area contributed by atoms with Gasteiger partial charge in [-0.2, -0.15) is 0 Å². The van der Waals surface area contributed by atoms with Crippen LogP contribution in [0.2, 0.25) is 0 Å². The molecule has 1 atom stereocenters. The summed E-state index contributed by atoms with van der Waals surface area (Å²) in [6.07, 6.45) is 0.791. The minimum absolute atomic E-state index is 0.0582. The van der Waals surface area contributed by atoms with Gasteiger partial charge in [0.15, 0.2) is 0 Å². The first-order chi connectivity index (χ1) is 9.15. The molecular weight excluding hydrogens is 252 g/mol. The number of non-ortho nitro benzene ring substituents is 1. The fourth-order valence-electron chi connectivity index (χ4n) is 1.81. The topological polar surface area (TPSA) is 90.7 Å². The lowest BCUT2D eigenvalue weighted by Crippen LogP contribution is -2.37. The summed E-state index contributed by atoms with van der Waals surface area (Å²) >= 11 is 0. The normalized spacial score (nSPS) is 18.6. The van der Waals surface area contributed by atoms with E-state index in [1.807, 2.05) is 0 Å². The number of hydrogen-bond acceptors (Lipinski definition) is 6. The Hall–Kier alpha value is -2.15. The highest BCUT2D eigenvalue weighted by Gasteiger charge is 2.18. The number of nitro benzene ring substituents is 1. The van der Waals surface area contributed by atoms with Gasteiger partial charge in [0.05, 0.1) is 4.92 Å². The summed E-state index contributed by atoms with van der Waals surface area (Å²) in [7, 11) is 0. The summed E-state index contributed by atoms with van der Waals surface area (Å²) < 4.78 is 10.1. The number of ether oxygens (including phenoxy) is 2. The lowest BCUT2D eigenvalue weighted by molar-refractivity contribution is -0.384. The van der Waals surface area contributed by atoms with E-state index >= 15 is 0 Å². The van der Waals surface area contributed by atoms with E-state index in [9.17, 15) is 14.9 Å². The van der Waals surface area contributed by atoms with Gasteiger partial charge in [0.2, 0.25) is 0 Å². The number of rotatable bonds is 3. The molecule has 0 saturated carbocycles. The second-order valence-corrected chi connectivity index (χ2v) is 4.19. The van der Waals surface area contributed by atoms with Gasteiger partial charge in [0, 0.05) is 18.7 Å². The van der Waals surface area contributed by atoms with Crippen molar-refractivity contribution >= 4 is 11.8 Å². The Morgan fingerprint density at radius 3 is 2.68 bits per heavy atom. The van der Waals surface area contributed by atoms with Gasteiger partial charge in [-0.25, -0.2) is 4.79 Å². The van der Waals surface area contributed by atoms with Crippen molar-refractivity contribution in [3.05, 3.63) is 34.4 Å². The first-order valence-corrected chi connectivity index (χ1v) is 5.99. The van der Waals surface area contributed by atoms with Crippen molar-refractivity contribution in [2.75, 3.05) is 13.1 Å². The minimum Gasteiger partial charge on any atom is -0.429 e. The van der Waals surface area contributed by atoms with E-state index in [4.69, 9.17) is 9.47 Å². The highest BCUT2D eigenvalue weighted by Crippen LogP contribution is 2.18. The van der Waals surface area contributed by atoms with E-state index in [1.165, 1.54) is 24.3 Å².